The Morgan fingerprint density at radius 3 is 2.37 bits per heavy atom. The summed E-state index contributed by atoms with van der Waals surface area (Å²) in [6, 6.07) is 5.52. The molecule has 0 aromatic heterocycles. The minimum atomic E-state index is -0.877. The topological polar surface area (TPSA) is 49.8 Å². The van der Waals surface area contributed by atoms with Gasteiger partial charge in [0.2, 0.25) is 0 Å². The fraction of sp³-hybridized carbons (Fsp3) is 0.500. The molecule has 1 N–H and O–H groups in total. The largest absolute Gasteiger partial charge is 0.444 e. The molecule has 1 amide bonds. The van der Waals surface area contributed by atoms with E-state index >= 15 is 0 Å². The molecule has 0 saturated carbocycles. The van der Waals surface area contributed by atoms with Crippen LogP contribution in [0.15, 0.2) is 24.3 Å². The monoisotopic (exact) mass is 269 g/mol. The number of rotatable bonds is 3. The number of amides is 1. The number of aliphatic hydroxyl groups excluding tert-OH is 1. The van der Waals surface area contributed by atoms with Gasteiger partial charge in [0.05, 0.1) is 12.6 Å². The maximum absolute atomic E-state index is 12.8. The normalized spacial score (nSPS) is 12.9. The zero-order valence-corrected chi connectivity index (χ0v) is 11.7. The van der Waals surface area contributed by atoms with Gasteiger partial charge in [0, 0.05) is 7.05 Å². The number of aliphatic hydroxyl groups is 1. The lowest BCUT2D eigenvalue weighted by atomic mass is 10.1. The number of nitrogens with zero attached hydrogens (tertiary/aromatic N) is 1. The molecule has 5 heteroatoms. The van der Waals surface area contributed by atoms with Gasteiger partial charge in [0.25, 0.3) is 0 Å². The molecule has 1 rings (SSSR count). The fourth-order valence-electron chi connectivity index (χ4n) is 1.46. The van der Waals surface area contributed by atoms with Crippen LogP contribution < -0.4 is 0 Å². The van der Waals surface area contributed by atoms with E-state index in [-0.39, 0.29) is 12.4 Å². The minimum absolute atomic E-state index is 0.0839. The maximum Gasteiger partial charge on any atom is 0.410 e. The van der Waals surface area contributed by atoms with Crippen LogP contribution in [0.1, 0.15) is 32.4 Å². The van der Waals surface area contributed by atoms with Gasteiger partial charge in [-0.25, -0.2) is 9.18 Å². The highest BCUT2D eigenvalue weighted by Gasteiger charge is 2.21. The molecule has 4 nitrogen and oxygen atoms in total. The zero-order chi connectivity index (χ0) is 14.6. The van der Waals surface area contributed by atoms with Gasteiger partial charge in [0.15, 0.2) is 0 Å². The second kappa shape index (κ2) is 6.02. The second-order valence-electron chi connectivity index (χ2n) is 5.43. The summed E-state index contributed by atoms with van der Waals surface area (Å²) in [7, 11) is 1.54. The molecule has 1 aromatic carbocycles. The number of likely N-dealkylation sites (N-methyl/N-ethyl adjacent to an activating group) is 1. The van der Waals surface area contributed by atoms with Crippen molar-refractivity contribution in [2.24, 2.45) is 0 Å². The van der Waals surface area contributed by atoms with Gasteiger partial charge >= 0.3 is 6.09 Å². The Bertz CT molecular complexity index is 425. The molecular formula is C14H20FNO3. The van der Waals surface area contributed by atoms with Crippen molar-refractivity contribution in [3.8, 4) is 0 Å². The van der Waals surface area contributed by atoms with E-state index in [1.54, 1.807) is 27.8 Å². The number of benzene rings is 1. The van der Waals surface area contributed by atoms with Gasteiger partial charge in [-0.2, -0.15) is 0 Å². The van der Waals surface area contributed by atoms with E-state index in [0.717, 1.165) is 0 Å². The van der Waals surface area contributed by atoms with Gasteiger partial charge in [-0.1, -0.05) is 12.1 Å². The van der Waals surface area contributed by atoms with Gasteiger partial charge in [-0.3, -0.25) is 0 Å². The van der Waals surface area contributed by atoms with Crippen molar-refractivity contribution >= 4 is 6.09 Å². The molecule has 0 fully saturated rings. The predicted octanol–water partition coefficient (Wildman–Crippen LogP) is 2.73. The summed E-state index contributed by atoms with van der Waals surface area (Å²) in [5.74, 6) is -0.364. The Balaban J connectivity index is 2.59. The number of carbonyl (C=O) groups excluding carboxylic acids is 1. The highest BCUT2D eigenvalue weighted by atomic mass is 19.1. The lowest BCUT2D eigenvalue weighted by Crippen LogP contribution is -2.36. The van der Waals surface area contributed by atoms with Crippen molar-refractivity contribution < 1.29 is 19.0 Å². The van der Waals surface area contributed by atoms with Crippen molar-refractivity contribution in [1.29, 1.82) is 0 Å². The van der Waals surface area contributed by atoms with Crippen LogP contribution in [0.3, 0.4) is 0 Å². The van der Waals surface area contributed by atoms with E-state index in [2.05, 4.69) is 0 Å². The summed E-state index contributed by atoms with van der Waals surface area (Å²) in [6.07, 6.45) is -1.38. The van der Waals surface area contributed by atoms with E-state index in [1.807, 2.05) is 0 Å². The smallest absolute Gasteiger partial charge is 0.410 e. The van der Waals surface area contributed by atoms with Crippen LogP contribution in [0.5, 0.6) is 0 Å². The number of carbonyl (C=O) groups is 1. The Morgan fingerprint density at radius 1 is 1.37 bits per heavy atom. The van der Waals surface area contributed by atoms with Crippen LogP contribution in [0, 0.1) is 5.82 Å². The van der Waals surface area contributed by atoms with Crippen molar-refractivity contribution in [2.45, 2.75) is 32.5 Å². The van der Waals surface area contributed by atoms with Gasteiger partial charge in [-0.05, 0) is 38.5 Å². The molecule has 0 spiro atoms. The summed E-state index contributed by atoms with van der Waals surface area (Å²) in [5, 5.41) is 9.96. The number of ether oxygens (including phenoxy) is 1. The van der Waals surface area contributed by atoms with E-state index < -0.39 is 17.8 Å². The Hall–Kier alpha value is -1.62. The molecule has 0 heterocycles. The first-order valence-corrected chi connectivity index (χ1v) is 6.06. The van der Waals surface area contributed by atoms with E-state index in [9.17, 15) is 14.3 Å². The molecule has 0 radical (unpaired) electrons. The van der Waals surface area contributed by atoms with Crippen molar-refractivity contribution in [1.82, 2.24) is 4.90 Å². The molecular weight excluding hydrogens is 249 g/mol. The van der Waals surface area contributed by atoms with Gasteiger partial charge in [0.1, 0.15) is 11.4 Å². The Labute approximate surface area is 112 Å². The van der Waals surface area contributed by atoms with Crippen LogP contribution in [0.2, 0.25) is 0 Å². The third kappa shape index (κ3) is 5.26. The molecule has 0 aliphatic heterocycles. The number of hydrogen-bond donors (Lipinski definition) is 1. The second-order valence-corrected chi connectivity index (χ2v) is 5.43. The molecule has 0 saturated heterocycles. The first-order chi connectivity index (χ1) is 8.69. The van der Waals surface area contributed by atoms with E-state index in [0.29, 0.717) is 5.56 Å². The Kier molecular flexibility index (Phi) is 4.89. The molecule has 19 heavy (non-hydrogen) atoms. The molecule has 1 atom stereocenters. The van der Waals surface area contributed by atoms with Crippen molar-refractivity contribution in [2.75, 3.05) is 13.6 Å². The van der Waals surface area contributed by atoms with E-state index in [1.165, 1.54) is 29.2 Å². The summed E-state index contributed by atoms with van der Waals surface area (Å²) in [4.78, 5) is 13.0. The zero-order valence-electron chi connectivity index (χ0n) is 11.7. The molecule has 0 aliphatic rings. The third-order valence-electron chi connectivity index (χ3n) is 2.41. The summed E-state index contributed by atoms with van der Waals surface area (Å²) in [6.45, 7) is 5.40. The van der Waals surface area contributed by atoms with Crippen molar-refractivity contribution in [3.05, 3.63) is 35.6 Å². The molecule has 106 valence electrons. The summed E-state index contributed by atoms with van der Waals surface area (Å²) < 4.78 is 17.9. The number of halogens is 1. The molecule has 0 unspecified atom stereocenters. The highest BCUT2D eigenvalue weighted by molar-refractivity contribution is 5.67. The summed E-state index contributed by atoms with van der Waals surface area (Å²) >= 11 is 0. The van der Waals surface area contributed by atoms with Crippen LogP contribution in [-0.2, 0) is 4.74 Å². The predicted molar refractivity (Wildman–Crippen MR) is 70.2 cm³/mol. The first-order valence-electron chi connectivity index (χ1n) is 6.06. The molecule has 0 aliphatic carbocycles. The average Bonchev–Trinajstić information content (AvgIpc) is 2.27. The minimum Gasteiger partial charge on any atom is -0.444 e. The summed E-state index contributed by atoms with van der Waals surface area (Å²) in [5.41, 5.74) is -0.0246. The lowest BCUT2D eigenvalue weighted by Gasteiger charge is -2.26. The number of hydrogen-bond acceptors (Lipinski definition) is 3. The van der Waals surface area contributed by atoms with Crippen LogP contribution in [0.25, 0.3) is 0 Å². The maximum atomic E-state index is 12.8. The van der Waals surface area contributed by atoms with Crippen LogP contribution in [-0.4, -0.2) is 35.3 Å². The van der Waals surface area contributed by atoms with Crippen LogP contribution in [0.4, 0.5) is 9.18 Å². The highest BCUT2D eigenvalue weighted by Crippen LogP contribution is 2.16. The average molecular weight is 269 g/mol. The SMILES string of the molecule is CN(C[C@@H](O)c1ccc(F)cc1)C(=O)OC(C)(C)C. The molecule has 0 bridgehead atoms. The third-order valence-corrected chi connectivity index (χ3v) is 2.41. The molecule has 1 aromatic rings. The van der Waals surface area contributed by atoms with E-state index in [4.69, 9.17) is 4.74 Å². The van der Waals surface area contributed by atoms with Gasteiger partial charge < -0.3 is 14.7 Å². The first kappa shape index (κ1) is 15.4. The van der Waals surface area contributed by atoms with Crippen LogP contribution >= 0.6 is 0 Å². The van der Waals surface area contributed by atoms with Crippen molar-refractivity contribution in [3.63, 3.8) is 0 Å². The quantitative estimate of drug-likeness (QED) is 0.918. The van der Waals surface area contributed by atoms with Gasteiger partial charge in [-0.15, -0.1) is 0 Å². The fourth-order valence-corrected chi connectivity index (χ4v) is 1.46. The standard InChI is InChI=1S/C14H20FNO3/c1-14(2,3)19-13(18)16(4)9-12(17)10-5-7-11(15)8-6-10/h5-8,12,17H,9H2,1-4H3/t12-/m1/s1. The lowest BCUT2D eigenvalue weighted by molar-refractivity contribution is 0.0205. The Morgan fingerprint density at radius 2 is 1.89 bits per heavy atom.